The molecule has 0 heterocycles. The van der Waals surface area contributed by atoms with E-state index in [0.29, 0.717) is 18.1 Å². The number of isocyanates is 1. The number of rotatable bonds is 9. The molecule has 1 unspecified atom stereocenters. The molecule has 0 aromatic heterocycles. The molecule has 0 fully saturated rings. The summed E-state index contributed by atoms with van der Waals surface area (Å²) >= 11 is 0. The minimum absolute atomic E-state index is 0.325. The van der Waals surface area contributed by atoms with E-state index in [1.54, 1.807) is 13.0 Å². The zero-order valence-electron chi connectivity index (χ0n) is 12.5. The Morgan fingerprint density at radius 2 is 2.05 bits per heavy atom. The lowest BCUT2D eigenvalue weighted by Crippen LogP contribution is -2.16. The van der Waals surface area contributed by atoms with Gasteiger partial charge in [-0.2, -0.15) is 4.99 Å². The third-order valence-corrected chi connectivity index (χ3v) is 3.03. The summed E-state index contributed by atoms with van der Waals surface area (Å²) in [5.74, 6) is 0.155. The molecule has 108 valence electrons. The van der Waals surface area contributed by atoms with E-state index in [9.17, 15) is 9.59 Å². The smallest absolute Gasteiger partial charge is 0.333 e. The van der Waals surface area contributed by atoms with Crippen LogP contribution >= 0.6 is 0 Å². The molecular weight excluding hydrogens is 242 g/mol. The van der Waals surface area contributed by atoms with Gasteiger partial charge in [0.1, 0.15) is 0 Å². The molecule has 0 aliphatic carbocycles. The van der Waals surface area contributed by atoms with Crippen LogP contribution in [0.25, 0.3) is 0 Å². The van der Waals surface area contributed by atoms with Crippen molar-refractivity contribution in [3.8, 4) is 0 Å². The molecule has 0 saturated carbocycles. The van der Waals surface area contributed by atoms with Gasteiger partial charge in [0, 0.05) is 5.57 Å². The van der Waals surface area contributed by atoms with Crippen molar-refractivity contribution in [1.29, 1.82) is 0 Å². The fourth-order valence-electron chi connectivity index (χ4n) is 1.68. The minimum atomic E-state index is -0.326. The van der Waals surface area contributed by atoms with Crippen LogP contribution in [0.2, 0.25) is 0 Å². The second-order valence-corrected chi connectivity index (χ2v) is 5.72. The highest BCUT2D eigenvalue weighted by Gasteiger charge is 2.16. The molecule has 0 aliphatic heterocycles. The predicted molar refractivity (Wildman–Crippen MR) is 75.6 cm³/mol. The maximum atomic E-state index is 11.2. The van der Waals surface area contributed by atoms with Crippen molar-refractivity contribution in [3.05, 3.63) is 12.2 Å². The largest absolute Gasteiger partial charge is 0.462 e. The van der Waals surface area contributed by atoms with Crippen LogP contribution in [0.15, 0.2) is 17.1 Å². The molecule has 19 heavy (non-hydrogen) atoms. The summed E-state index contributed by atoms with van der Waals surface area (Å²) in [4.78, 5) is 25.2. The summed E-state index contributed by atoms with van der Waals surface area (Å²) in [5, 5.41) is 0. The summed E-state index contributed by atoms with van der Waals surface area (Å²) in [7, 11) is 0. The van der Waals surface area contributed by atoms with Crippen LogP contribution in [-0.4, -0.2) is 24.2 Å². The van der Waals surface area contributed by atoms with Gasteiger partial charge >= 0.3 is 5.97 Å². The van der Waals surface area contributed by atoms with Crippen LogP contribution in [0.4, 0.5) is 0 Å². The van der Waals surface area contributed by atoms with Crippen molar-refractivity contribution in [1.82, 2.24) is 0 Å². The molecule has 0 aromatic carbocycles. The van der Waals surface area contributed by atoms with Crippen molar-refractivity contribution in [2.24, 2.45) is 10.9 Å². The summed E-state index contributed by atoms with van der Waals surface area (Å²) in [6, 6.07) is 0. The second kappa shape index (κ2) is 8.65. The number of hydrogen-bond donors (Lipinski definition) is 0. The molecule has 0 spiro atoms. The Bertz CT molecular complexity index is 354. The van der Waals surface area contributed by atoms with Crippen molar-refractivity contribution >= 4 is 12.0 Å². The summed E-state index contributed by atoms with van der Waals surface area (Å²) < 4.78 is 5.05. The fourth-order valence-corrected chi connectivity index (χ4v) is 1.68. The molecule has 4 nitrogen and oxygen atoms in total. The Morgan fingerprint density at radius 1 is 1.42 bits per heavy atom. The molecule has 4 heteroatoms. The first-order valence-corrected chi connectivity index (χ1v) is 6.70. The molecule has 0 aromatic rings. The highest BCUT2D eigenvalue weighted by atomic mass is 16.5. The summed E-state index contributed by atoms with van der Waals surface area (Å²) in [5.41, 5.74) is 0.106. The predicted octanol–water partition coefficient (Wildman–Crippen LogP) is 3.42. The van der Waals surface area contributed by atoms with E-state index >= 15 is 0 Å². The monoisotopic (exact) mass is 267 g/mol. The third-order valence-electron chi connectivity index (χ3n) is 3.03. The first kappa shape index (κ1) is 17.6. The van der Waals surface area contributed by atoms with Crippen LogP contribution in [0.5, 0.6) is 0 Å². The lowest BCUT2D eigenvalue weighted by molar-refractivity contribution is -0.139. The highest BCUT2D eigenvalue weighted by molar-refractivity contribution is 5.86. The Labute approximate surface area is 115 Å². The van der Waals surface area contributed by atoms with E-state index < -0.39 is 0 Å². The average Bonchev–Trinajstić information content (AvgIpc) is 2.28. The van der Waals surface area contributed by atoms with Crippen molar-refractivity contribution in [2.45, 2.75) is 58.9 Å². The summed E-state index contributed by atoms with van der Waals surface area (Å²) in [6.07, 6.45) is 5.34. The molecule has 0 saturated heterocycles. The van der Waals surface area contributed by atoms with E-state index in [2.05, 4.69) is 18.5 Å². The van der Waals surface area contributed by atoms with Gasteiger partial charge in [0.25, 0.3) is 0 Å². The van der Waals surface area contributed by atoms with Crippen molar-refractivity contribution in [2.75, 3.05) is 6.61 Å². The SMILES string of the molecule is C=C(C)C(=O)OCCC(C)CCCC(C)(C)N=C=O. The number of ether oxygens (including phenoxy) is 1. The van der Waals surface area contributed by atoms with Gasteiger partial charge in [0.15, 0.2) is 0 Å². The van der Waals surface area contributed by atoms with Crippen LogP contribution in [0, 0.1) is 5.92 Å². The van der Waals surface area contributed by atoms with Gasteiger partial charge in [-0.15, -0.1) is 0 Å². The third kappa shape index (κ3) is 9.20. The quantitative estimate of drug-likeness (QED) is 0.278. The van der Waals surface area contributed by atoms with Crippen LogP contribution < -0.4 is 0 Å². The van der Waals surface area contributed by atoms with Crippen LogP contribution in [0.3, 0.4) is 0 Å². The molecule has 0 rings (SSSR count). The van der Waals surface area contributed by atoms with Gasteiger partial charge in [-0.3, -0.25) is 0 Å². The number of nitrogens with zero attached hydrogens (tertiary/aromatic N) is 1. The Morgan fingerprint density at radius 3 is 2.58 bits per heavy atom. The molecule has 0 radical (unpaired) electrons. The maximum Gasteiger partial charge on any atom is 0.333 e. The van der Waals surface area contributed by atoms with Gasteiger partial charge in [0.2, 0.25) is 6.08 Å². The van der Waals surface area contributed by atoms with Crippen molar-refractivity contribution < 1.29 is 14.3 Å². The molecular formula is C15H25NO3. The van der Waals surface area contributed by atoms with Gasteiger partial charge in [-0.1, -0.05) is 26.3 Å². The topological polar surface area (TPSA) is 55.7 Å². The summed E-state index contributed by atoms with van der Waals surface area (Å²) in [6.45, 7) is 11.6. The number of aliphatic imine (C=N–C) groups is 1. The molecule has 0 aliphatic rings. The van der Waals surface area contributed by atoms with E-state index in [1.807, 2.05) is 13.8 Å². The standard InChI is InChI=1S/C15H25NO3/c1-12(2)14(18)19-10-8-13(3)7-6-9-15(4,5)16-11-17/h13H,1,6-10H2,2-5H3. The number of hydrogen-bond acceptors (Lipinski definition) is 4. The van der Waals surface area contributed by atoms with E-state index in [0.717, 1.165) is 25.7 Å². The first-order chi connectivity index (χ1) is 8.78. The maximum absolute atomic E-state index is 11.2. The lowest BCUT2D eigenvalue weighted by Gasteiger charge is -2.18. The second-order valence-electron chi connectivity index (χ2n) is 5.72. The van der Waals surface area contributed by atoms with E-state index in [4.69, 9.17) is 4.74 Å². The normalized spacial score (nSPS) is 12.4. The van der Waals surface area contributed by atoms with E-state index in [1.165, 1.54) is 0 Å². The number of carbonyl (C=O) groups excluding carboxylic acids is 2. The number of carbonyl (C=O) groups is 1. The molecule has 0 bridgehead atoms. The van der Waals surface area contributed by atoms with Gasteiger partial charge < -0.3 is 4.74 Å². The van der Waals surface area contributed by atoms with Crippen LogP contribution in [0.1, 0.15) is 53.4 Å². The van der Waals surface area contributed by atoms with Gasteiger partial charge in [-0.25, -0.2) is 9.59 Å². The number of esters is 1. The highest BCUT2D eigenvalue weighted by Crippen LogP contribution is 2.20. The Balaban J connectivity index is 3.76. The first-order valence-electron chi connectivity index (χ1n) is 6.70. The van der Waals surface area contributed by atoms with Crippen LogP contribution in [-0.2, 0) is 14.3 Å². The lowest BCUT2D eigenvalue weighted by atomic mass is 9.93. The Hall–Kier alpha value is -1.41. The zero-order valence-corrected chi connectivity index (χ0v) is 12.5. The van der Waals surface area contributed by atoms with Gasteiger partial charge in [0.05, 0.1) is 12.1 Å². The van der Waals surface area contributed by atoms with Gasteiger partial charge in [-0.05, 0) is 39.5 Å². The minimum Gasteiger partial charge on any atom is -0.462 e. The Kier molecular flexibility index (Phi) is 8.01. The zero-order chi connectivity index (χ0) is 14.9. The fraction of sp³-hybridized carbons (Fsp3) is 0.733. The molecule has 1 atom stereocenters. The van der Waals surface area contributed by atoms with E-state index in [-0.39, 0.29) is 11.5 Å². The molecule has 0 amide bonds. The average molecular weight is 267 g/mol. The molecule has 0 N–H and O–H groups in total. The van der Waals surface area contributed by atoms with Crippen molar-refractivity contribution in [3.63, 3.8) is 0 Å².